The van der Waals surface area contributed by atoms with Crippen LogP contribution in [0.3, 0.4) is 0 Å². The number of pyridine rings is 1. The van der Waals surface area contributed by atoms with E-state index in [1.807, 2.05) is 0 Å². The van der Waals surface area contributed by atoms with Gasteiger partial charge >= 0.3 is 0 Å². The summed E-state index contributed by atoms with van der Waals surface area (Å²) in [6.45, 7) is 0.486. The highest BCUT2D eigenvalue weighted by Gasteiger charge is 2.29. The van der Waals surface area contributed by atoms with Crippen LogP contribution < -0.4 is 4.90 Å². The monoisotopic (exact) mass is 264 g/mol. The second-order valence-corrected chi connectivity index (χ2v) is 4.65. The van der Waals surface area contributed by atoms with Crippen LogP contribution in [0.15, 0.2) is 12.3 Å². The minimum Gasteiger partial charge on any atom is -0.309 e. The Kier molecular flexibility index (Phi) is 3.05. The molecule has 1 amide bonds. The first-order valence-corrected chi connectivity index (χ1v) is 5.52. The number of hydrogen-bond acceptors (Lipinski definition) is 2. The Morgan fingerprint density at radius 1 is 1.47 bits per heavy atom. The molecule has 1 aliphatic heterocycles. The van der Waals surface area contributed by atoms with Crippen molar-refractivity contribution in [1.82, 2.24) is 4.98 Å². The van der Waals surface area contributed by atoms with Crippen LogP contribution in [0.5, 0.6) is 0 Å². The van der Waals surface area contributed by atoms with Gasteiger partial charge in [0.25, 0.3) is 0 Å². The van der Waals surface area contributed by atoms with Gasteiger partial charge in [0.05, 0.1) is 22.3 Å². The summed E-state index contributed by atoms with van der Waals surface area (Å²) in [6.07, 6.45) is 1.86. The summed E-state index contributed by atoms with van der Waals surface area (Å²) in [5.41, 5.74) is 0.637. The lowest BCUT2D eigenvalue weighted by atomic mass is 10.4. The number of halogens is 3. The predicted octanol–water partition coefficient (Wildman–Crippen LogP) is 2.73. The number of amides is 1. The molecule has 6 heteroatoms. The van der Waals surface area contributed by atoms with Crippen LogP contribution in [0.4, 0.5) is 5.69 Å². The second kappa shape index (κ2) is 4.16. The molecule has 2 heterocycles. The molecule has 1 saturated heterocycles. The Morgan fingerprint density at radius 2 is 2.20 bits per heavy atom. The first-order valence-electron chi connectivity index (χ1n) is 4.33. The van der Waals surface area contributed by atoms with Crippen LogP contribution in [0.2, 0.25) is 10.2 Å². The molecule has 0 radical (unpaired) electrons. The van der Waals surface area contributed by atoms with E-state index in [-0.39, 0.29) is 16.4 Å². The zero-order valence-corrected chi connectivity index (χ0v) is 9.85. The lowest BCUT2D eigenvalue weighted by Crippen LogP contribution is -2.24. The van der Waals surface area contributed by atoms with Crippen LogP contribution in [0, 0.1) is 0 Å². The molecule has 15 heavy (non-hydrogen) atoms. The van der Waals surface area contributed by atoms with Crippen molar-refractivity contribution >= 4 is 46.4 Å². The van der Waals surface area contributed by atoms with Gasteiger partial charge in [-0.1, -0.05) is 23.2 Å². The van der Waals surface area contributed by atoms with Crippen LogP contribution in [-0.2, 0) is 4.79 Å². The van der Waals surface area contributed by atoms with Gasteiger partial charge in [-0.3, -0.25) is 4.79 Å². The van der Waals surface area contributed by atoms with E-state index in [4.69, 9.17) is 34.8 Å². The Bertz CT molecular complexity index is 410. The van der Waals surface area contributed by atoms with Crippen molar-refractivity contribution < 1.29 is 4.79 Å². The molecule has 0 saturated carbocycles. The van der Waals surface area contributed by atoms with E-state index in [2.05, 4.69) is 4.98 Å². The van der Waals surface area contributed by atoms with E-state index in [0.29, 0.717) is 23.7 Å². The fourth-order valence-electron chi connectivity index (χ4n) is 1.47. The molecule has 0 N–H and O–H groups in total. The summed E-state index contributed by atoms with van der Waals surface area (Å²) in [4.78, 5) is 17.0. The Morgan fingerprint density at radius 3 is 2.73 bits per heavy atom. The van der Waals surface area contributed by atoms with Crippen molar-refractivity contribution in [2.24, 2.45) is 0 Å². The molecule has 1 aromatic heterocycles. The number of alkyl halides is 1. The second-order valence-electron chi connectivity index (χ2n) is 3.27. The van der Waals surface area contributed by atoms with Crippen molar-refractivity contribution in [3.63, 3.8) is 0 Å². The van der Waals surface area contributed by atoms with Gasteiger partial charge in [-0.2, -0.15) is 0 Å². The summed E-state index contributed by atoms with van der Waals surface area (Å²) in [5, 5.41) is 0.418. The molecule has 1 fully saturated rings. The number of hydrogen-bond donors (Lipinski definition) is 0. The number of aromatic nitrogens is 1. The minimum atomic E-state index is -0.146. The van der Waals surface area contributed by atoms with Crippen molar-refractivity contribution in [2.75, 3.05) is 11.4 Å². The van der Waals surface area contributed by atoms with E-state index < -0.39 is 0 Å². The lowest BCUT2D eigenvalue weighted by molar-refractivity contribution is -0.117. The van der Waals surface area contributed by atoms with Crippen LogP contribution >= 0.6 is 34.8 Å². The number of anilines is 1. The molecular formula is C9H7Cl3N2O. The first-order chi connectivity index (χ1) is 7.08. The molecule has 3 nitrogen and oxygen atoms in total. The molecule has 1 unspecified atom stereocenters. The summed E-state index contributed by atoms with van der Waals surface area (Å²) in [5.74, 6) is -0.0183. The summed E-state index contributed by atoms with van der Waals surface area (Å²) < 4.78 is 0. The molecule has 0 aliphatic carbocycles. The topological polar surface area (TPSA) is 33.2 Å². The lowest BCUT2D eigenvalue weighted by Gasteiger charge is -2.15. The van der Waals surface area contributed by atoms with Gasteiger partial charge in [-0.25, -0.2) is 4.98 Å². The normalized spacial score (nSPS) is 21.1. The fourth-order valence-corrected chi connectivity index (χ4v) is 2.01. The fraction of sp³-hybridized carbons (Fsp3) is 0.333. The largest absolute Gasteiger partial charge is 0.309 e. The molecule has 1 atom stereocenters. The van der Waals surface area contributed by atoms with Crippen molar-refractivity contribution in [1.29, 1.82) is 0 Å². The smallest absolute Gasteiger partial charge is 0.228 e. The third kappa shape index (κ3) is 2.19. The van der Waals surface area contributed by atoms with E-state index >= 15 is 0 Å². The van der Waals surface area contributed by atoms with Gasteiger partial charge in [0.15, 0.2) is 0 Å². The highest BCUT2D eigenvalue weighted by molar-refractivity contribution is 6.41. The van der Waals surface area contributed by atoms with Crippen molar-refractivity contribution in [3.05, 3.63) is 22.4 Å². The maximum atomic E-state index is 11.5. The number of carbonyl (C=O) groups excluding carboxylic acids is 1. The molecular weight excluding hydrogens is 258 g/mol. The van der Waals surface area contributed by atoms with Gasteiger partial charge in [0, 0.05) is 13.0 Å². The summed E-state index contributed by atoms with van der Waals surface area (Å²) in [6, 6.07) is 1.61. The van der Waals surface area contributed by atoms with E-state index in [1.54, 1.807) is 11.0 Å². The molecule has 80 valence electrons. The highest BCUT2D eigenvalue weighted by atomic mass is 35.5. The van der Waals surface area contributed by atoms with Crippen LogP contribution in [0.25, 0.3) is 0 Å². The quantitative estimate of drug-likeness (QED) is 0.578. The number of nitrogens with zero attached hydrogens (tertiary/aromatic N) is 2. The molecule has 0 aromatic carbocycles. The Balaban J connectivity index is 2.30. The zero-order chi connectivity index (χ0) is 11.0. The summed E-state index contributed by atoms with van der Waals surface area (Å²) >= 11 is 17.4. The minimum absolute atomic E-state index is 0.0183. The average Bonchev–Trinajstić information content (AvgIpc) is 2.50. The molecule has 2 rings (SSSR count). The van der Waals surface area contributed by atoms with Gasteiger partial charge in [0.2, 0.25) is 5.91 Å². The van der Waals surface area contributed by atoms with Gasteiger partial charge in [0.1, 0.15) is 5.15 Å². The molecule has 1 aromatic rings. The highest BCUT2D eigenvalue weighted by Crippen LogP contribution is 2.28. The predicted molar refractivity (Wildman–Crippen MR) is 60.9 cm³/mol. The van der Waals surface area contributed by atoms with E-state index in [9.17, 15) is 4.79 Å². The molecule has 0 spiro atoms. The van der Waals surface area contributed by atoms with Crippen molar-refractivity contribution in [2.45, 2.75) is 11.8 Å². The molecule has 0 bridgehead atoms. The van der Waals surface area contributed by atoms with Crippen molar-refractivity contribution in [3.8, 4) is 0 Å². The van der Waals surface area contributed by atoms with Gasteiger partial charge in [-0.15, -0.1) is 11.6 Å². The Hall–Kier alpha value is -0.510. The van der Waals surface area contributed by atoms with Gasteiger partial charge < -0.3 is 4.90 Å². The van der Waals surface area contributed by atoms with Crippen LogP contribution in [0.1, 0.15) is 6.42 Å². The maximum Gasteiger partial charge on any atom is 0.228 e. The number of rotatable bonds is 1. The first kappa shape index (κ1) is 11.0. The van der Waals surface area contributed by atoms with E-state index in [1.165, 1.54) is 6.20 Å². The molecule has 1 aliphatic rings. The third-order valence-corrected chi connectivity index (χ3v) is 3.15. The van der Waals surface area contributed by atoms with Gasteiger partial charge in [-0.05, 0) is 6.07 Å². The number of carbonyl (C=O) groups is 1. The average molecular weight is 266 g/mol. The third-order valence-electron chi connectivity index (χ3n) is 2.17. The zero-order valence-electron chi connectivity index (χ0n) is 7.58. The SMILES string of the molecule is O=C1CC(Cl)CN1c1cnc(Cl)c(Cl)c1. The van der Waals surface area contributed by atoms with Crippen LogP contribution in [-0.4, -0.2) is 22.8 Å². The Labute approximate surface area is 102 Å². The summed E-state index contributed by atoms with van der Waals surface area (Å²) in [7, 11) is 0. The maximum absolute atomic E-state index is 11.5. The standard InChI is InChI=1S/C9H7Cl3N2O/c10-5-1-8(15)14(4-5)6-2-7(11)9(12)13-3-6/h2-3,5H,1,4H2. The van der Waals surface area contributed by atoms with E-state index in [0.717, 1.165) is 0 Å².